The molecule has 1 unspecified atom stereocenters. The average molecular weight is 354 g/mol. The van der Waals surface area contributed by atoms with Crippen LogP contribution in [-0.2, 0) is 6.42 Å². The number of methoxy groups -OCH3 is 1. The van der Waals surface area contributed by atoms with Crippen LogP contribution in [0.25, 0.3) is 0 Å². The maximum atomic E-state index is 6.64. The molecule has 0 spiro atoms. The van der Waals surface area contributed by atoms with E-state index >= 15 is 0 Å². The van der Waals surface area contributed by atoms with Gasteiger partial charge in [-0.1, -0.05) is 0 Å². The number of anilines is 1. The fourth-order valence-corrected chi connectivity index (χ4v) is 4.00. The van der Waals surface area contributed by atoms with Gasteiger partial charge in [0.25, 0.3) is 0 Å². The first-order valence-electron chi connectivity index (χ1n) is 9.22. The average Bonchev–Trinajstić information content (AvgIpc) is 2.58. The zero-order valence-electron chi connectivity index (χ0n) is 17.3. The van der Waals surface area contributed by atoms with Crippen molar-refractivity contribution in [3.8, 4) is 11.5 Å². The van der Waals surface area contributed by atoms with Crippen molar-refractivity contribution in [3.05, 3.63) is 45.6 Å². The molecule has 3 rings (SSSR count). The first kappa shape index (κ1) is 18.6. The van der Waals surface area contributed by atoms with Crippen molar-refractivity contribution in [1.29, 1.82) is 0 Å². The Balaban J connectivity index is 2.03. The summed E-state index contributed by atoms with van der Waals surface area (Å²) in [4.78, 5) is 6.89. The van der Waals surface area contributed by atoms with Gasteiger partial charge in [0.15, 0.2) is 5.72 Å². The molecule has 1 atom stereocenters. The van der Waals surface area contributed by atoms with Crippen LogP contribution in [0.2, 0.25) is 0 Å². The van der Waals surface area contributed by atoms with Gasteiger partial charge in [-0.3, -0.25) is 0 Å². The van der Waals surface area contributed by atoms with Crippen molar-refractivity contribution in [2.24, 2.45) is 0 Å². The summed E-state index contributed by atoms with van der Waals surface area (Å²) in [6.45, 7) is 12.7. The van der Waals surface area contributed by atoms with Crippen molar-refractivity contribution in [2.45, 2.75) is 60.1 Å². The van der Waals surface area contributed by atoms with Crippen LogP contribution in [0.1, 0.15) is 46.9 Å². The van der Waals surface area contributed by atoms with E-state index in [1.807, 2.05) is 6.92 Å². The minimum atomic E-state index is -0.432. The van der Waals surface area contributed by atoms with Gasteiger partial charge in [-0.05, 0) is 82.3 Å². The van der Waals surface area contributed by atoms with Crippen LogP contribution in [0.5, 0.6) is 11.5 Å². The first-order chi connectivity index (χ1) is 12.2. The molecule has 1 aliphatic heterocycles. The molecule has 1 aliphatic rings. The summed E-state index contributed by atoms with van der Waals surface area (Å²) in [5.41, 5.74) is 6.59. The number of aromatic nitrogens is 1. The predicted octanol–water partition coefficient (Wildman–Crippen LogP) is 4.81. The van der Waals surface area contributed by atoms with Gasteiger partial charge in [-0.2, -0.15) is 0 Å². The third-order valence-electron chi connectivity index (χ3n) is 5.81. The number of pyridine rings is 1. The summed E-state index contributed by atoms with van der Waals surface area (Å²) in [5.74, 6) is 2.94. The van der Waals surface area contributed by atoms with E-state index in [0.717, 1.165) is 47.0 Å². The highest BCUT2D eigenvalue weighted by Gasteiger charge is 2.38. The molecule has 4 nitrogen and oxygen atoms in total. The smallest absolute Gasteiger partial charge is 0.181 e. The summed E-state index contributed by atoms with van der Waals surface area (Å²) in [6, 6.07) is 4.22. The van der Waals surface area contributed by atoms with Crippen molar-refractivity contribution in [3.63, 3.8) is 0 Å². The number of fused-ring (bicyclic) bond motifs is 1. The summed E-state index contributed by atoms with van der Waals surface area (Å²) in [5, 5.41) is 0. The van der Waals surface area contributed by atoms with Crippen molar-refractivity contribution >= 4 is 5.82 Å². The zero-order chi connectivity index (χ0) is 19.2. The molecule has 4 heteroatoms. The van der Waals surface area contributed by atoms with Crippen LogP contribution < -0.4 is 14.4 Å². The minimum absolute atomic E-state index is 0.432. The van der Waals surface area contributed by atoms with Crippen LogP contribution in [0, 0.1) is 34.6 Å². The number of nitrogens with zero attached hydrogens (tertiary/aromatic N) is 2. The van der Waals surface area contributed by atoms with Crippen molar-refractivity contribution in [2.75, 3.05) is 19.1 Å². The quantitative estimate of drug-likeness (QED) is 0.792. The molecule has 2 aromatic rings. The molecule has 0 bridgehead atoms. The predicted molar refractivity (Wildman–Crippen MR) is 107 cm³/mol. The van der Waals surface area contributed by atoms with Crippen LogP contribution in [0.4, 0.5) is 5.82 Å². The lowest BCUT2D eigenvalue weighted by atomic mass is 9.89. The Morgan fingerprint density at radius 3 is 2.38 bits per heavy atom. The van der Waals surface area contributed by atoms with E-state index in [4.69, 9.17) is 14.5 Å². The van der Waals surface area contributed by atoms with E-state index in [9.17, 15) is 0 Å². The highest BCUT2D eigenvalue weighted by atomic mass is 16.5. The molecule has 0 N–H and O–H groups in total. The second-order valence-electron chi connectivity index (χ2n) is 7.70. The number of benzene rings is 1. The molecule has 0 saturated heterocycles. The van der Waals surface area contributed by atoms with Crippen LogP contribution >= 0.6 is 0 Å². The van der Waals surface area contributed by atoms with Gasteiger partial charge < -0.3 is 14.4 Å². The SMILES string of the molecule is COc1c(C)c(C)c2c(c1C)CCC(C)(N(C)c1cc(C)cc(C)n1)O2. The molecule has 0 amide bonds. The van der Waals surface area contributed by atoms with E-state index in [-0.39, 0.29) is 0 Å². The van der Waals surface area contributed by atoms with E-state index in [1.54, 1.807) is 7.11 Å². The first-order valence-corrected chi connectivity index (χ1v) is 9.22. The van der Waals surface area contributed by atoms with E-state index in [2.05, 4.69) is 58.7 Å². The van der Waals surface area contributed by atoms with Gasteiger partial charge in [0.2, 0.25) is 0 Å². The number of rotatable bonds is 3. The molecule has 2 heterocycles. The zero-order valence-corrected chi connectivity index (χ0v) is 17.3. The molecule has 1 aromatic heterocycles. The van der Waals surface area contributed by atoms with Crippen LogP contribution in [-0.4, -0.2) is 24.9 Å². The van der Waals surface area contributed by atoms with Gasteiger partial charge in [0.05, 0.1) is 7.11 Å². The Hall–Kier alpha value is -2.23. The number of hydrogen-bond acceptors (Lipinski definition) is 4. The lowest BCUT2D eigenvalue weighted by molar-refractivity contribution is 0.0640. The second kappa shape index (κ2) is 6.49. The third kappa shape index (κ3) is 2.91. The monoisotopic (exact) mass is 354 g/mol. The number of aryl methyl sites for hydroxylation is 2. The molecule has 0 radical (unpaired) electrons. The highest BCUT2D eigenvalue weighted by Crippen LogP contribution is 2.44. The Kier molecular flexibility index (Phi) is 4.63. The summed E-state index contributed by atoms with van der Waals surface area (Å²) in [6.07, 6.45) is 1.86. The van der Waals surface area contributed by atoms with Crippen LogP contribution in [0.3, 0.4) is 0 Å². The Morgan fingerprint density at radius 2 is 1.77 bits per heavy atom. The lowest BCUT2D eigenvalue weighted by Crippen LogP contribution is -2.51. The molecular weight excluding hydrogens is 324 g/mol. The second-order valence-corrected chi connectivity index (χ2v) is 7.70. The van der Waals surface area contributed by atoms with Gasteiger partial charge in [0.1, 0.15) is 17.3 Å². The maximum Gasteiger partial charge on any atom is 0.181 e. The Morgan fingerprint density at radius 1 is 1.08 bits per heavy atom. The summed E-state index contributed by atoms with van der Waals surface area (Å²) >= 11 is 0. The van der Waals surface area contributed by atoms with Gasteiger partial charge in [-0.15, -0.1) is 0 Å². The van der Waals surface area contributed by atoms with Gasteiger partial charge >= 0.3 is 0 Å². The van der Waals surface area contributed by atoms with Crippen molar-refractivity contribution < 1.29 is 9.47 Å². The van der Waals surface area contributed by atoms with Gasteiger partial charge in [-0.25, -0.2) is 4.98 Å². The maximum absolute atomic E-state index is 6.64. The van der Waals surface area contributed by atoms with Crippen LogP contribution in [0.15, 0.2) is 12.1 Å². The summed E-state index contributed by atoms with van der Waals surface area (Å²) < 4.78 is 12.3. The standard InChI is InChI=1S/C22H30N2O2/c1-13-11-14(2)23-19(12-13)24(7)22(6)10-9-18-17(5)20(25-8)15(3)16(4)21(18)26-22/h11-12H,9-10H2,1-8H3. The van der Waals surface area contributed by atoms with Gasteiger partial charge in [0, 0.05) is 24.7 Å². The Labute approximate surface area is 157 Å². The number of hydrogen-bond donors (Lipinski definition) is 0. The molecule has 26 heavy (non-hydrogen) atoms. The fraction of sp³-hybridized carbons (Fsp3) is 0.500. The molecule has 140 valence electrons. The van der Waals surface area contributed by atoms with E-state index in [1.165, 1.54) is 16.7 Å². The lowest BCUT2D eigenvalue weighted by Gasteiger charge is -2.44. The molecule has 0 aliphatic carbocycles. The minimum Gasteiger partial charge on any atom is -0.496 e. The van der Waals surface area contributed by atoms with Crippen molar-refractivity contribution in [1.82, 2.24) is 4.98 Å². The largest absolute Gasteiger partial charge is 0.496 e. The third-order valence-corrected chi connectivity index (χ3v) is 5.81. The molecular formula is C22H30N2O2. The molecule has 0 fully saturated rings. The normalized spacial score (nSPS) is 18.9. The molecule has 0 saturated carbocycles. The number of ether oxygens (including phenoxy) is 2. The fourth-order valence-electron chi connectivity index (χ4n) is 4.00. The molecule has 1 aromatic carbocycles. The van der Waals surface area contributed by atoms with E-state index in [0.29, 0.717) is 0 Å². The Bertz CT molecular complexity index is 840. The highest BCUT2D eigenvalue weighted by molar-refractivity contribution is 5.59. The van der Waals surface area contributed by atoms with E-state index < -0.39 is 5.72 Å². The topological polar surface area (TPSA) is 34.6 Å². The summed E-state index contributed by atoms with van der Waals surface area (Å²) in [7, 11) is 3.82.